The summed E-state index contributed by atoms with van der Waals surface area (Å²) in [6.07, 6.45) is 1.96. The molecule has 3 rings (SSSR count). The Labute approximate surface area is 146 Å². The Hall–Kier alpha value is -1.92. The summed E-state index contributed by atoms with van der Waals surface area (Å²) >= 11 is 1.61. The summed E-state index contributed by atoms with van der Waals surface area (Å²) in [7, 11) is 0. The van der Waals surface area contributed by atoms with E-state index in [1.54, 1.807) is 11.3 Å². The number of rotatable bonds is 6. The van der Waals surface area contributed by atoms with Gasteiger partial charge in [0.2, 0.25) is 0 Å². The average molecular weight is 345 g/mol. The van der Waals surface area contributed by atoms with E-state index in [1.807, 2.05) is 44.2 Å². The number of hydrogen-bond donors (Lipinski definition) is 3. The van der Waals surface area contributed by atoms with Crippen LogP contribution in [-0.4, -0.2) is 29.3 Å². The maximum Gasteiger partial charge on any atom is 0.315 e. The molecule has 5 nitrogen and oxygen atoms in total. The molecular formula is C18H23N3O2S. The number of carbonyl (C=O) groups excluding carboxylic acids is 1. The zero-order valence-corrected chi connectivity index (χ0v) is 14.8. The van der Waals surface area contributed by atoms with Crippen molar-refractivity contribution in [1.29, 1.82) is 0 Å². The number of thiazole rings is 1. The van der Waals surface area contributed by atoms with Gasteiger partial charge in [-0.2, -0.15) is 0 Å². The highest BCUT2D eigenvalue weighted by Crippen LogP contribution is 2.44. The molecule has 0 aliphatic heterocycles. The van der Waals surface area contributed by atoms with Gasteiger partial charge in [-0.3, -0.25) is 0 Å². The van der Waals surface area contributed by atoms with Gasteiger partial charge in [-0.25, -0.2) is 9.78 Å². The quantitative estimate of drug-likeness (QED) is 0.752. The van der Waals surface area contributed by atoms with Gasteiger partial charge in [0, 0.05) is 17.5 Å². The molecule has 1 unspecified atom stereocenters. The lowest BCUT2D eigenvalue weighted by atomic mass is 10.1. The molecule has 0 saturated heterocycles. The fourth-order valence-corrected chi connectivity index (χ4v) is 3.74. The molecule has 2 aromatic rings. The van der Waals surface area contributed by atoms with E-state index in [0.717, 1.165) is 34.0 Å². The summed E-state index contributed by atoms with van der Waals surface area (Å²) in [5.74, 6) is 0. The summed E-state index contributed by atoms with van der Waals surface area (Å²) in [5.41, 5.74) is 1.95. The van der Waals surface area contributed by atoms with E-state index < -0.39 is 0 Å². The van der Waals surface area contributed by atoms with Crippen LogP contribution in [0.3, 0.4) is 0 Å². The Morgan fingerprint density at radius 3 is 2.71 bits per heavy atom. The monoisotopic (exact) mass is 345 g/mol. The highest BCUT2D eigenvalue weighted by molar-refractivity contribution is 7.15. The van der Waals surface area contributed by atoms with E-state index in [-0.39, 0.29) is 24.1 Å². The van der Waals surface area contributed by atoms with E-state index in [4.69, 9.17) is 0 Å². The molecule has 3 N–H and O–H groups in total. The van der Waals surface area contributed by atoms with Crippen LogP contribution in [0, 0.1) is 12.3 Å². The Morgan fingerprint density at radius 2 is 2.08 bits per heavy atom. The highest BCUT2D eigenvalue weighted by Gasteiger charge is 2.42. The zero-order valence-electron chi connectivity index (χ0n) is 14.0. The van der Waals surface area contributed by atoms with Crippen molar-refractivity contribution in [3.63, 3.8) is 0 Å². The predicted octanol–water partition coefficient (Wildman–Crippen LogP) is 3.25. The highest BCUT2D eigenvalue weighted by atomic mass is 32.1. The number of aromatic nitrogens is 1. The first kappa shape index (κ1) is 16.9. The van der Waals surface area contributed by atoms with Gasteiger partial charge in [-0.15, -0.1) is 11.3 Å². The first-order valence-electron chi connectivity index (χ1n) is 8.21. The molecule has 24 heavy (non-hydrogen) atoms. The van der Waals surface area contributed by atoms with Gasteiger partial charge < -0.3 is 15.7 Å². The topological polar surface area (TPSA) is 74.2 Å². The average Bonchev–Trinajstić information content (AvgIpc) is 3.28. The van der Waals surface area contributed by atoms with Crippen LogP contribution in [0.25, 0.3) is 10.6 Å². The predicted molar refractivity (Wildman–Crippen MR) is 96.0 cm³/mol. The summed E-state index contributed by atoms with van der Waals surface area (Å²) in [6, 6.07) is 9.75. The van der Waals surface area contributed by atoms with Crippen LogP contribution < -0.4 is 10.6 Å². The van der Waals surface area contributed by atoms with Crippen molar-refractivity contribution in [3.05, 3.63) is 40.9 Å². The third-order valence-corrected chi connectivity index (χ3v) is 5.90. The Kier molecular flexibility index (Phi) is 4.87. The van der Waals surface area contributed by atoms with Gasteiger partial charge >= 0.3 is 6.03 Å². The number of carbonyl (C=O) groups is 1. The summed E-state index contributed by atoms with van der Waals surface area (Å²) < 4.78 is 0. The van der Waals surface area contributed by atoms with Gasteiger partial charge in [0.25, 0.3) is 0 Å². The van der Waals surface area contributed by atoms with Crippen LogP contribution in [-0.2, 0) is 0 Å². The van der Waals surface area contributed by atoms with Crippen molar-refractivity contribution in [2.75, 3.05) is 13.2 Å². The molecule has 1 atom stereocenters. The van der Waals surface area contributed by atoms with Gasteiger partial charge in [-0.05, 0) is 26.7 Å². The first-order chi connectivity index (χ1) is 11.5. The third-order valence-electron chi connectivity index (χ3n) is 4.51. The molecule has 128 valence electrons. The summed E-state index contributed by atoms with van der Waals surface area (Å²) in [4.78, 5) is 17.8. The van der Waals surface area contributed by atoms with Crippen LogP contribution >= 0.6 is 11.3 Å². The smallest absolute Gasteiger partial charge is 0.315 e. The van der Waals surface area contributed by atoms with Gasteiger partial charge in [0.15, 0.2) is 0 Å². The fourth-order valence-electron chi connectivity index (χ4n) is 2.66. The molecule has 0 bridgehead atoms. The van der Waals surface area contributed by atoms with E-state index in [0.29, 0.717) is 6.54 Å². The minimum Gasteiger partial charge on any atom is -0.396 e. The van der Waals surface area contributed by atoms with Crippen molar-refractivity contribution in [2.24, 2.45) is 5.41 Å². The number of amides is 2. The second kappa shape index (κ2) is 6.91. The second-order valence-electron chi connectivity index (χ2n) is 6.54. The third kappa shape index (κ3) is 3.76. The first-order valence-corrected chi connectivity index (χ1v) is 9.03. The Balaban J connectivity index is 1.61. The zero-order chi connectivity index (χ0) is 17.2. The molecular weight excluding hydrogens is 322 g/mol. The molecule has 0 radical (unpaired) electrons. The lowest BCUT2D eigenvalue weighted by Crippen LogP contribution is -2.40. The molecule has 1 heterocycles. The van der Waals surface area contributed by atoms with Crippen LogP contribution in [0.2, 0.25) is 0 Å². The molecule has 1 aromatic carbocycles. The minimum atomic E-state index is -0.198. The van der Waals surface area contributed by atoms with Crippen LogP contribution in [0.15, 0.2) is 30.3 Å². The summed E-state index contributed by atoms with van der Waals surface area (Å²) in [6.45, 7) is 4.60. The van der Waals surface area contributed by atoms with E-state index >= 15 is 0 Å². The lowest BCUT2D eigenvalue weighted by molar-refractivity contribution is 0.202. The molecule has 0 spiro atoms. The van der Waals surface area contributed by atoms with E-state index in [2.05, 4.69) is 15.6 Å². The van der Waals surface area contributed by atoms with Crippen molar-refractivity contribution in [1.82, 2.24) is 15.6 Å². The van der Waals surface area contributed by atoms with Gasteiger partial charge in [-0.1, -0.05) is 30.3 Å². The molecule has 1 aromatic heterocycles. The number of aliphatic hydroxyl groups excluding tert-OH is 1. The Bertz CT molecular complexity index is 710. The number of aliphatic hydroxyl groups is 1. The van der Waals surface area contributed by atoms with E-state index in [9.17, 15) is 9.90 Å². The summed E-state index contributed by atoms with van der Waals surface area (Å²) in [5, 5.41) is 16.1. The largest absolute Gasteiger partial charge is 0.396 e. The number of urea groups is 1. The molecule has 2 amide bonds. The van der Waals surface area contributed by atoms with Crippen molar-refractivity contribution < 1.29 is 9.90 Å². The number of aryl methyl sites for hydroxylation is 1. The molecule has 1 fully saturated rings. The standard InChI is InChI=1S/C18H23N3O2S/c1-12-15(24-16(20-12)14-6-4-3-5-7-14)13(2)21-17(23)19-10-18(11-22)8-9-18/h3-7,13,22H,8-11H2,1-2H3,(H2,19,21,23). The van der Waals surface area contributed by atoms with Crippen molar-refractivity contribution in [3.8, 4) is 10.6 Å². The van der Waals surface area contributed by atoms with Crippen LogP contribution in [0.4, 0.5) is 4.79 Å². The maximum atomic E-state index is 12.1. The number of benzene rings is 1. The normalized spacial score (nSPS) is 16.5. The van der Waals surface area contributed by atoms with Crippen molar-refractivity contribution in [2.45, 2.75) is 32.7 Å². The minimum absolute atomic E-state index is 0.0819. The number of nitrogens with zero attached hydrogens (tertiary/aromatic N) is 1. The molecule has 1 saturated carbocycles. The number of hydrogen-bond acceptors (Lipinski definition) is 4. The van der Waals surface area contributed by atoms with Gasteiger partial charge in [0.05, 0.1) is 23.2 Å². The van der Waals surface area contributed by atoms with Crippen molar-refractivity contribution >= 4 is 17.4 Å². The van der Waals surface area contributed by atoms with Crippen LogP contribution in [0.1, 0.15) is 36.4 Å². The SMILES string of the molecule is Cc1nc(-c2ccccc2)sc1C(C)NC(=O)NCC1(CO)CC1. The van der Waals surface area contributed by atoms with E-state index in [1.165, 1.54) is 0 Å². The number of nitrogens with one attached hydrogen (secondary N) is 2. The fraction of sp³-hybridized carbons (Fsp3) is 0.444. The molecule has 6 heteroatoms. The molecule has 1 aliphatic rings. The maximum absolute atomic E-state index is 12.1. The van der Waals surface area contributed by atoms with Crippen LogP contribution in [0.5, 0.6) is 0 Å². The van der Waals surface area contributed by atoms with Gasteiger partial charge in [0.1, 0.15) is 5.01 Å². The molecule has 1 aliphatic carbocycles. The lowest BCUT2D eigenvalue weighted by Gasteiger charge is -2.16. The second-order valence-corrected chi connectivity index (χ2v) is 7.57. The Morgan fingerprint density at radius 1 is 1.38 bits per heavy atom.